The third-order valence-electron chi connectivity index (χ3n) is 1.39. The summed E-state index contributed by atoms with van der Waals surface area (Å²) in [5, 5.41) is 0. The van der Waals surface area contributed by atoms with Gasteiger partial charge in [0.1, 0.15) is 0 Å². The SMILES string of the molecule is NC(=O)OC(=O)C1CCCO1. The Morgan fingerprint density at radius 2 is 2.27 bits per heavy atom. The van der Waals surface area contributed by atoms with Crippen molar-refractivity contribution in [2.75, 3.05) is 6.61 Å². The van der Waals surface area contributed by atoms with Crippen molar-refractivity contribution in [2.45, 2.75) is 18.9 Å². The maximum Gasteiger partial charge on any atom is 0.412 e. The molecule has 1 saturated heterocycles. The lowest BCUT2D eigenvalue weighted by Crippen LogP contribution is -2.27. The zero-order valence-electron chi connectivity index (χ0n) is 5.91. The van der Waals surface area contributed by atoms with Gasteiger partial charge in [0.15, 0.2) is 6.10 Å². The van der Waals surface area contributed by atoms with E-state index in [0.717, 1.165) is 6.42 Å². The van der Waals surface area contributed by atoms with Crippen LogP contribution in [0.4, 0.5) is 4.79 Å². The molecule has 1 aliphatic heterocycles. The van der Waals surface area contributed by atoms with E-state index in [4.69, 9.17) is 4.74 Å². The van der Waals surface area contributed by atoms with Crippen LogP contribution in [-0.4, -0.2) is 24.8 Å². The van der Waals surface area contributed by atoms with Crippen LogP contribution in [0, 0.1) is 0 Å². The van der Waals surface area contributed by atoms with Crippen molar-refractivity contribution in [2.24, 2.45) is 5.73 Å². The summed E-state index contributed by atoms with van der Waals surface area (Å²) >= 11 is 0. The number of carbonyl (C=O) groups is 2. The van der Waals surface area contributed by atoms with Crippen LogP contribution in [0.3, 0.4) is 0 Å². The summed E-state index contributed by atoms with van der Waals surface area (Å²) in [7, 11) is 0. The number of hydrogen-bond donors (Lipinski definition) is 1. The van der Waals surface area contributed by atoms with Gasteiger partial charge in [-0.15, -0.1) is 0 Å². The largest absolute Gasteiger partial charge is 0.412 e. The molecule has 1 atom stereocenters. The molecule has 1 fully saturated rings. The van der Waals surface area contributed by atoms with Gasteiger partial charge in [0.2, 0.25) is 0 Å². The van der Waals surface area contributed by atoms with Gasteiger partial charge in [0, 0.05) is 6.61 Å². The van der Waals surface area contributed by atoms with Crippen LogP contribution < -0.4 is 5.73 Å². The fraction of sp³-hybridized carbons (Fsp3) is 0.667. The smallest absolute Gasteiger partial charge is 0.374 e. The van der Waals surface area contributed by atoms with E-state index in [0.29, 0.717) is 13.0 Å². The predicted molar refractivity (Wildman–Crippen MR) is 34.6 cm³/mol. The van der Waals surface area contributed by atoms with E-state index < -0.39 is 18.2 Å². The molecule has 5 nitrogen and oxygen atoms in total. The molecule has 1 amide bonds. The standard InChI is InChI=1S/C6H9NO4/c7-6(9)11-5(8)4-2-1-3-10-4/h4H,1-3H2,(H2,7,9). The number of rotatable bonds is 1. The Balaban J connectivity index is 2.34. The number of nitrogens with two attached hydrogens (primary N) is 1. The molecule has 0 bridgehead atoms. The molecule has 0 aromatic carbocycles. The van der Waals surface area contributed by atoms with Crippen molar-refractivity contribution in [3.05, 3.63) is 0 Å². The maximum absolute atomic E-state index is 10.8. The molecule has 1 heterocycles. The second-order valence-electron chi connectivity index (χ2n) is 2.24. The zero-order chi connectivity index (χ0) is 8.27. The second kappa shape index (κ2) is 3.34. The molecule has 11 heavy (non-hydrogen) atoms. The first kappa shape index (κ1) is 8.00. The Morgan fingerprint density at radius 3 is 2.73 bits per heavy atom. The minimum Gasteiger partial charge on any atom is -0.374 e. The number of hydrogen-bond acceptors (Lipinski definition) is 4. The van der Waals surface area contributed by atoms with Crippen LogP contribution >= 0.6 is 0 Å². The summed E-state index contributed by atoms with van der Waals surface area (Å²) in [6, 6.07) is 0. The first-order valence-corrected chi connectivity index (χ1v) is 3.33. The van der Waals surface area contributed by atoms with Gasteiger partial charge in [0.05, 0.1) is 0 Å². The average molecular weight is 159 g/mol. The molecule has 0 aliphatic carbocycles. The lowest BCUT2D eigenvalue weighted by molar-refractivity contribution is -0.147. The van der Waals surface area contributed by atoms with Gasteiger partial charge in [-0.05, 0) is 12.8 Å². The lowest BCUT2D eigenvalue weighted by atomic mass is 10.2. The highest BCUT2D eigenvalue weighted by Gasteiger charge is 2.26. The molecule has 0 aromatic heterocycles. The fourth-order valence-corrected chi connectivity index (χ4v) is 0.928. The molecule has 0 spiro atoms. The summed E-state index contributed by atoms with van der Waals surface area (Å²) in [4.78, 5) is 20.9. The molecule has 2 N–H and O–H groups in total. The summed E-state index contributed by atoms with van der Waals surface area (Å²) in [5.74, 6) is -0.685. The molecule has 5 heteroatoms. The summed E-state index contributed by atoms with van der Waals surface area (Å²) in [6.07, 6.45) is -0.252. The van der Waals surface area contributed by atoms with Crippen molar-refractivity contribution in [3.8, 4) is 0 Å². The van der Waals surface area contributed by atoms with E-state index in [1.165, 1.54) is 0 Å². The number of esters is 1. The van der Waals surface area contributed by atoms with Crippen molar-refractivity contribution in [3.63, 3.8) is 0 Å². The highest BCUT2D eigenvalue weighted by atomic mass is 16.6. The van der Waals surface area contributed by atoms with Gasteiger partial charge in [0.25, 0.3) is 0 Å². The van der Waals surface area contributed by atoms with E-state index >= 15 is 0 Å². The topological polar surface area (TPSA) is 78.6 Å². The Hall–Kier alpha value is -1.10. The highest BCUT2D eigenvalue weighted by Crippen LogP contribution is 2.12. The third kappa shape index (κ3) is 2.19. The molecule has 0 radical (unpaired) electrons. The summed E-state index contributed by atoms with van der Waals surface area (Å²) in [6.45, 7) is 0.540. The highest BCUT2D eigenvalue weighted by molar-refractivity contribution is 5.86. The second-order valence-corrected chi connectivity index (χ2v) is 2.24. The molecule has 1 unspecified atom stereocenters. The number of primary amides is 1. The zero-order valence-corrected chi connectivity index (χ0v) is 5.91. The Kier molecular flexibility index (Phi) is 2.43. The van der Waals surface area contributed by atoms with E-state index in [1.54, 1.807) is 0 Å². The van der Waals surface area contributed by atoms with Crippen LogP contribution in [0.2, 0.25) is 0 Å². The molecule has 1 rings (SSSR count). The fourth-order valence-electron chi connectivity index (χ4n) is 0.928. The Bertz CT molecular complexity index is 173. The van der Waals surface area contributed by atoms with E-state index in [-0.39, 0.29) is 0 Å². The quantitative estimate of drug-likeness (QED) is 0.424. The van der Waals surface area contributed by atoms with Crippen LogP contribution in [0.15, 0.2) is 0 Å². The molecule has 0 saturated carbocycles. The average Bonchev–Trinajstić information content (AvgIpc) is 2.35. The summed E-state index contributed by atoms with van der Waals surface area (Å²) in [5.41, 5.74) is 4.62. The van der Waals surface area contributed by atoms with Gasteiger partial charge >= 0.3 is 12.1 Å². The van der Waals surface area contributed by atoms with Crippen LogP contribution in [0.5, 0.6) is 0 Å². The van der Waals surface area contributed by atoms with Crippen molar-refractivity contribution < 1.29 is 19.1 Å². The predicted octanol–water partition coefficient (Wildman–Crippen LogP) is -0.213. The van der Waals surface area contributed by atoms with Crippen LogP contribution in [0.1, 0.15) is 12.8 Å². The van der Waals surface area contributed by atoms with Gasteiger partial charge < -0.3 is 15.2 Å². The van der Waals surface area contributed by atoms with E-state index in [9.17, 15) is 9.59 Å². The Labute approximate surface area is 63.4 Å². The minimum absolute atomic E-state index is 0.540. The van der Waals surface area contributed by atoms with Crippen molar-refractivity contribution >= 4 is 12.1 Å². The Morgan fingerprint density at radius 1 is 1.55 bits per heavy atom. The molecule has 62 valence electrons. The van der Waals surface area contributed by atoms with E-state index in [1.807, 2.05) is 0 Å². The van der Waals surface area contributed by atoms with Crippen molar-refractivity contribution in [1.82, 2.24) is 0 Å². The van der Waals surface area contributed by atoms with Crippen LogP contribution in [-0.2, 0) is 14.3 Å². The normalized spacial score (nSPS) is 23.1. The number of carbonyl (C=O) groups excluding carboxylic acids is 2. The monoisotopic (exact) mass is 159 g/mol. The van der Waals surface area contributed by atoms with Gasteiger partial charge in [-0.1, -0.05) is 0 Å². The molecular formula is C6H9NO4. The molecular weight excluding hydrogens is 150 g/mol. The lowest BCUT2D eigenvalue weighted by Gasteiger charge is -2.04. The third-order valence-corrected chi connectivity index (χ3v) is 1.39. The van der Waals surface area contributed by atoms with Gasteiger partial charge in [-0.2, -0.15) is 0 Å². The first-order valence-electron chi connectivity index (χ1n) is 3.33. The van der Waals surface area contributed by atoms with Gasteiger partial charge in [-0.25, -0.2) is 9.59 Å². The maximum atomic E-state index is 10.8. The summed E-state index contributed by atoms with van der Waals surface area (Å²) < 4.78 is 9.04. The minimum atomic E-state index is -1.08. The first-order chi connectivity index (χ1) is 5.20. The number of amides is 1. The van der Waals surface area contributed by atoms with Gasteiger partial charge in [-0.3, -0.25) is 0 Å². The molecule has 1 aliphatic rings. The van der Waals surface area contributed by atoms with Crippen LogP contribution in [0.25, 0.3) is 0 Å². The van der Waals surface area contributed by atoms with Crippen molar-refractivity contribution in [1.29, 1.82) is 0 Å². The molecule has 0 aromatic rings. The van der Waals surface area contributed by atoms with E-state index in [2.05, 4.69) is 10.5 Å². The number of ether oxygens (including phenoxy) is 2.